The first-order chi connectivity index (χ1) is 7.59. The van der Waals surface area contributed by atoms with Gasteiger partial charge in [-0.1, -0.05) is 22.9 Å². The van der Waals surface area contributed by atoms with E-state index in [4.69, 9.17) is 0 Å². The lowest BCUT2D eigenvalue weighted by Gasteiger charge is -2.06. The summed E-state index contributed by atoms with van der Waals surface area (Å²) in [7, 11) is 0. The average molecular weight is 350 g/mol. The van der Waals surface area contributed by atoms with E-state index in [2.05, 4.69) is 49.1 Å². The van der Waals surface area contributed by atoms with Gasteiger partial charge in [0.25, 0.3) is 5.91 Å². The maximum absolute atomic E-state index is 11.7. The van der Waals surface area contributed by atoms with Crippen molar-refractivity contribution in [3.05, 3.63) is 28.5 Å². The summed E-state index contributed by atoms with van der Waals surface area (Å²) in [5.74, 6) is -0.0731. The maximum Gasteiger partial charge on any atom is 0.252 e. The van der Waals surface area contributed by atoms with E-state index in [1.165, 1.54) is 0 Å². The largest absolute Gasteiger partial charge is 0.352 e. The number of hydrogen-bond acceptors (Lipinski definition) is 2. The molecule has 0 aliphatic rings. The van der Waals surface area contributed by atoms with Crippen molar-refractivity contribution < 1.29 is 4.79 Å². The van der Waals surface area contributed by atoms with Gasteiger partial charge in [-0.15, -0.1) is 0 Å². The van der Waals surface area contributed by atoms with Crippen LogP contribution in [0.2, 0.25) is 0 Å². The second-order valence-corrected chi connectivity index (χ2v) is 6.05. The summed E-state index contributed by atoms with van der Waals surface area (Å²) in [6.07, 6.45) is 5.24. The van der Waals surface area contributed by atoms with Crippen LogP contribution in [0.15, 0.2) is 22.9 Å². The molecule has 1 unspecified atom stereocenters. The SMILES string of the molecule is CC(Br)CCCNC(=O)c1cncc(Br)c1. The third-order valence-electron chi connectivity index (χ3n) is 2.03. The maximum atomic E-state index is 11.7. The lowest BCUT2D eigenvalue weighted by atomic mass is 10.2. The zero-order valence-electron chi connectivity index (χ0n) is 9.04. The van der Waals surface area contributed by atoms with Crippen molar-refractivity contribution in [1.82, 2.24) is 10.3 Å². The summed E-state index contributed by atoms with van der Waals surface area (Å²) < 4.78 is 0.814. The molecule has 1 atom stereocenters. The molecule has 0 bridgehead atoms. The van der Waals surface area contributed by atoms with E-state index in [0.29, 0.717) is 16.9 Å². The number of nitrogens with zero attached hydrogens (tertiary/aromatic N) is 1. The van der Waals surface area contributed by atoms with Crippen LogP contribution in [-0.2, 0) is 0 Å². The van der Waals surface area contributed by atoms with E-state index in [1.54, 1.807) is 18.5 Å². The molecule has 5 heteroatoms. The number of carbonyl (C=O) groups is 1. The van der Waals surface area contributed by atoms with Crippen molar-refractivity contribution in [3.8, 4) is 0 Å². The number of halogens is 2. The van der Waals surface area contributed by atoms with Crippen molar-refractivity contribution in [2.45, 2.75) is 24.6 Å². The standard InChI is InChI=1S/C11H14Br2N2O/c1-8(12)3-2-4-15-11(16)9-5-10(13)7-14-6-9/h5-8H,2-4H2,1H3,(H,15,16). The van der Waals surface area contributed by atoms with Crippen LogP contribution in [0.25, 0.3) is 0 Å². The third kappa shape index (κ3) is 5.07. The number of pyridine rings is 1. The fraction of sp³-hybridized carbons (Fsp3) is 0.455. The van der Waals surface area contributed by atoms with Gasteiger partial charge in [-0.25, -0.2) is 0 Å². The highest BCUT2D eigenvalue weighted by molar-refractivity contribution is 9.10. The first kappa shape index (κ1) is 13.6. The fourth-order valence-electron chi connectivity index (χ4n) is 1.22. The lowest BCUT2D eigenvalue weighted by Crippen LogP contribution is -2.24. The number of aromatic nitrogens is 1. The molecule has 16 heavy (non-hydrogen) atoms. The predicted octanol–water partition coefficient (Wildman–Crippen LogP) is 3.14. The van der Waals surface area contributed by atoms with Crippen LogP contribution < -0.4 is 5.32 Å². The van der Waals surface area contributed by atoms with Gasteiger partial charge in [-0.2, -0.15) is 0 Å². The van der Waals surface area contributed by atoms with Crippen LogP contribution in [0.5, 0.6) is 0 Å². The van der Waals surface area contributed by atoms with Crippen molar-refractivity contribution in [2.75, 3.05) is 6.54 Å². The van der Waals surface area contributed by atoms with Gasteiger partial charge in [0.1, 0.15) is 0 Å². The highest BCUT2D eigenvalue weighted by Gasteiger charge is 2.05. The first-order valence-corrected chi connectivity index (χ1v) is 6.83. The van der Waals surface area contributed by atoms with Gasteiger partial charge < -0.3 is 5.32 Å². The highest BCUT2D eigenvalue weighted by atomic mass is 79.9. The molecule has 0 aliphatic carbocycles. The summed E-state index contributed by atoms with van der Waals surface area (Å²) >= 11 is 6.75. The van der Waals surface area contributed by atoms with Gasteiger partial charge >= 0.3 is 0 Å². The summed E-state index contributed by atoms with van der Waals surface area (Å²) in [5, 5.41) is 2.86. The van der Waals surface area contributed by atoms with Gasteiger partial charge in [0.2, 0.25) is 0 Å². The summed E-state index contributed by atoms with van der Waals surface area (Å²) in [4.78, 5) is 16.1. The Labute approximate surface area is 112 Å². The van der Waals surface area contributed by atoms with Gasteiger partial charge in [-0.3, -0.25) is 9.78 Å². The molecule has 1 N–H and O–H groups in total. The topological polar surface area (TPSA) is 42.0 Å². The van der Waals surface area contributed by atoms with E-state index in [-0.39, 0.29) is 5.91 Å². The minimum Gasteiger partial charge on any atom is -0.352 e. The van der Waals surface area contributed by atoms with Gasteiger partial charge in [-0.05, 0) is 34.8 Å². The summed E-state index contributed by atoms with van der Waals surface area (Å²) in [5.41, 5.74) is 0.585. The Morgan fingerprint density at radius 1 is 1.56 bits per heavy atom. The Morgan fingerprint density at radius 3 is 2.94 bits per heavy atom. The van der Waals surface area contributed by atoms with Gasteiger partial charge in [0.05, 0.1) is 5.56 Å². The monoisotopic (exact) mass is 348 g/mol. The Bertz CT molecular complexity index is 356. The third-order valence-corrected chi connectivity index (χ3v) is 2.92. The Hall–Kier alpha value is -0.420. The van der Waals surface area contributed by atoms with Crippen LogP contribution in [-0.4, -0.2) is 22.3 Å². The van der Waals surface area contributed by atoms with Crippen molar-refractivity contribution in [2.24, 2.45) is 0 Å². The molecule has 0 aliphatic heterocycles. The average Bonchev–Trinajstić information content (AvgIpc) is 2.24. The molecular weight excluding hydrogens is 336 g/mol. The molecule has 0 saturated heterocycles. The van der Waals surface area contributed by atoms with Crippen LogP contribution in [0.3, 0.4) is 0 Å². The molecule has 0 spiro atoms. The van der Waals surface area contributed by atoms with Crippen molar-refractivity contribution in [1.29, 1.82) is 0 Å². The molecular formula is C11H14Br2N2O. The molecule has 0 fully saturated rings. The first-order valence-electron chi connectivity index (χ1n) is 5.12. The van der Waals surface area contributed by atoms with E-state index in [1.807, 2.05) is 0 Å². The number of amides is 1. The quantitative estimate of drug-likeness (QED) is 0.655. The van der Waals surface area contributed by atoms with Crippen LogP contribution in [0.4, 0.5) is 0 Å². The zero-order chi connectivity index (χ0) is 12.0. The molecule has 1 aromatic heterocycles. The van der Waals surface area contributed by atoms with Gasteiger partial charge in [0.15, 0.2) is 0 Å². The fourth-order valence-corrected chi connectivity index (χ4v) is 1.91. The lowest BCUT2D eigenvalue weighted by molar-refractivity contribution is 0.0952. The van der Waals surface area contributed by atoms with Crippen LogP contribution in [0, 0.1) is 0 Å². The highest BCUT2D eigenvalue weighted by Crippen LogP contribution is 2.09. The minimum atomic E-state index is -0.0731. The Balaban J connectivity index is 2.35. The van der Waals surface area contributed by atoms with E-state index >= 15 is 0 Å². The molecule has 3 nitrogen and oxygen atoms in total. The number of alkyl halides is 1. The predicted molar refractivity (Wildman–Crippen MR) is 71.9 cm³/mol. The molecule has 88 valence electrons. The molecule has 0 radical (unpaired) electrons. The Kier molecular flexibility index (Phi) is 5.98. The molecule has 1 aromatic rings. The summed E-state index contributed by atoms with van der Waals surface area (Å²) in [6.45, 7) is 2.79. The number of rotatable bonds is 5. The van der Waals surface area contributed by atoms with Crippen molar-refractivity contribution in [3.63, 3.8) is 0 Å². The van der Waals surface area contributed by atoms with Crippen molar-refractivity contribution >= 4 is 37.8 Å². The molecule has 1 heterocycles. The van der Waals surface area contributed by atoms with E-state index in [0.717, 1.165) is 17.3 Å². The number of carbonyl (C=O) groups excluding carboxylic acids is 1. The van der Waals surface area contributed by atoms with E-state index in [9.17, 15) is 4.79 Å². The van der Waals surface area contributed by atoms with E-state index < -0.39 is 0 Å². The smallest absolute Gasteiger partial charge is 0.252 e. The second-order valence-electron chi connectivity index (χ2n) is 3.57. The van der Waals surface area contributed by atoms with Crippen LogP contribution >= 0.6 is 31.9 Å². The summed E-state index contributed by atoms with van der Waals surface area (Å²) in [6, 6.07) is 1.76. The molecule has 1 amide bonds. The van der Waals surface area contributed by atoms with Crippen LogP contribution in [0.1, 0.15) is 30.1 Å². The molecule has 0 saturated carbocycles. The molecule has 1 rings (SSSR count). The second kappa shape index (κ2) is 7.01. The minimum absolute atomic E-state index is 0.0731. The van der Waals surface area contributed by atoms with Gasteiger partial charge in [0, 0.05) is 28.2 Å². The zero-order valence-corrected chi connectivity index (χ0v) is 12.2. The Morgan fingerprint density at radius 2 is 2.31 bits per heavy atom. The normalized spacial score (nSPS) is 12.2. The molecule has 0 aromatic carbocycles. The number of nitrogens with one attached hydrogen (secondary N) is 1. The number of hydrogen-bond donors (Lipinski definition) is 1.